The third kappa shape index (κ3) is 20.8. The summed E-state index contributed by atoms with van der Waals surface area (Å²) in [4.78, 5) is 19.9. The first-order valence-corrected chi connectivity index (χ1v) is 10.3. The summed E-state index contributed by atoms with van der Waals surface area (Å²) >= 11 is 0.149. The van der Waals surface area contributed by atoms with Crippen molar-refractivity contribution in [2.45, 2.75) is 48.4 Å². The van der Waals surface area contributed by atoms with Crippen LogP contribution in [0.25, 0.3) is 0 Å². The summed E-state index contributed by atoms with van der Waals surface area (Å²) in [5.74, 6) is -1.84. The Labute approximate surface area is 120 Å². The Balaban J connectivity index is 0. The third-order valence-electron chi connectivity index (χ3n) is 1.98. The number of methoxy groups -OCH3 is 1. The standard InChI is InChI=1S/C5H6O4.2C4H9.Sn/c1-9-5(8)3-2-4(6)7;2*1-3-4-2;/h2-3H,1H3,(H,6,7);2*1,3-4H2,2H3;/b3-2-;;;. The molecule has 0 aromatic heterocycles. The van der Waals surface area contributed by atoms with Crippen LogP contribution in [0.1, 0.15) is 39.5 Å². The Hall–Kier alpha value is -0.521. The number of esters is 1. The van der Waals surface area contributed by atoms with E-state index in [0.717, 1.165) is 6.08 Å². The number of carboxylic acid groups (broad SMARTS) is 1. The molecule has 0 aliphatic rings. The molecule has 0 atom stereocenters. The van der Waals surface area contributed by atoms with Gasteiger partial charge in [0.1, 0.15) is 0 Å². The number of hydrogen-bond acceptors (Lipinski definition) is 3. The number of carboxylic acids is 1. The fourth-order valence-corrected chi connectivity index (χ4v) is 5.09. The van der Waals surface area contributed by atoms with Gasteiger partial charge in [-0.05, 0) is 0 Å². The molecule has 0 bridgehead atoms. The molecule has 2 radical (unpaired) electrons. The van der Waals surface area contributed by atoms with Gasteiger partial charge in [0, 0.05) is 12.2 Å². The number of rotatable bonds is 8. The molecular weight excluding hydrogens is 339 g/mol. The molecule has 5 heteroatoms. The molecule has 0 saturated carbocycles. The fourth-order valence-electron chi connectivity index (χ4n) is 0.936. The van der Waals surface area contributed by atoms with Gasteiger partial charge in [-0.3, -0.25) is 0 Å². The predicted molar refractivity (Wildman–Crippen MR) is 74.0 cm³/mol. The van der Waals surface area contributed by atoms with Crippen molar-refractivity contribution < 1.29 is 19.4 Å². The number of unbranched alkanes of at least 4 members (excludes halogenated alkanes) is 2. The number of ether oxygens (including phenoxy) is 1. The van der Waals surface area contributed by atoms with E-state index in [1.807, 2.05) is 0 Å². The minimum Gasteiger partial charge on any atom is -0.478 e. The molecular formula is C13H24O4Sn. The second kappa shape index (κ2) is 16.5. The van der Waals surface area contributed by atoms with E-state index in [9.17, 15) is 9.59 Å². The van der Waals surface area contributed by atoms with E-state index in [-0.39, 0.29) is 21.1 Å². The van der Waals surface area contributed by atoms with Crippen molar-refractivity contribution in [2.75, 3.05) is 7.11 Å². The zero-order chi connectivity index (χ0) is 14.2. The number of aliphatic carboxylic acids is 1. The Morgan fingerprint density at radius 1 is 1.11 bits per heavy atom. The van der Waals surface area contributed by atoms with E-state index < -0.39 is 11.9 Å². The van der Waals surface area contributed by atoms with Crippen molar-refractivity contribution >= 4 is 33.1 Å². The zero-order valence-electron chi connectivity index (χ0n) is 11.6. The summed E-state index contributed by atoms with van der Waals surface area (Å²) in [6.45, 7) is 4.58. The molecule has 0 unspecified atom stereocenters. The summed E-state index contributed by atoms with van der Waals surface area (Å²) in [7, 11) is 1.18. The summed E-state index contributed by atoms with van der Waals surface area (Å²) in [6, 6.07) is 0. The summed E-state index contributed by atoms with van der Waals surface area (Å²) in [6.07, 6.45) is 7.39. The molecule has 104 valence electrons. The maximum atomic E-state index is 10.1. The largest absolute Gasteiger partial charge is 0.478 e. The van der Waals surface area contributed by atoms with Crippen LogP contribution in [0.3, 0.4) is 0 Å². The van der Waals surface area contributed by atoms with E-state index in [2.05, 4.69) is 18.6 Å². The van der Waals surface area contributed by atoms with Gasteiger partial charge in [0.25, 0.3) is 0 Å². The molecule has 0 spiro atoms. The molecule has 0 rings (SSSR count). The average molecular weight is 363 g/mol. The molecule has 0 saturated heterocycles. The second-order valence-electron chi connectivity index (χ2n) is 3.65. The van der Waals surface area contributed by atoms with E-state index in [4.69, 9.17) is 5.11 Å². The summed E-state index contributed by atoms with van der Waals surface area (Å²) in [5, 5.41) is 7.96. The van der Waals surface area contributed by atoms with Crippen LogP contribution in [0.4, 0.5) is 0 Å². The average Bonchev–Trinajstić information content (AvgIpc) is 2.36. The fraction of sp³-hybridized carbons (Fsp3) is 0.692. The minimum atomic E-state index is -1.17. The van der Waals surface area contributed by atoms with Crippen LogP contribution in [-0.4, -0.2) is 45.3 Å². The number of hydrogen-bond donors (Lipinski definition) is 1. The van der Waals surface area contributed by atoms with E-state index in [1.54, 1.807) is 8.87 Å². The van der Waals surface area contributed by atoms with Gasteiger partial charge >= 0.3 is 81.5 Å². The van der Waals surface area contributed by atoms with Gasteiger partial charge in [-0.1, -0.05) is 0 Å². The maximum Gasteiger partial charge on any atom is 0.330 e. The van der Waals surface area contributed by atoms with Gasteiger partial charge in [-0.15, -0.1) is 0 Å². The van der Waals surface area contributed by atoms with Gasteiger partial charge in [-0.2, -0.15) is 0 Å². The van der Waals surface area contributed by atoms with Crippen LogP contribution in [0.5, 0.6) is 0 Å². The molecule has 0 fully saturated rings. The Kier molecular flexibility index (Phi) is 18.1. The number of carbonyl (C=O) groups is 2. The van der Waals surface area contributed by atoms with E-state index in [0.29, 0.717) is 6.08 Å². The summed E-state index contributed by atoms with van der Waals surface area (Å²) in [5.41, 5.74) is 0. The van der Waals surface area contributed by atoms with Crippen LogP contribution in [0.15, 0.2) is 12.2 Å². The van der Waals surface area contributed by atoms with Crippen molar-refractivity contribution in [1.82, 2.24) is 0 Å². The van der Waals surface area contributed by atoms with E-state index in [1.165, 1.54) is 32.8 Å². The summed E-state index contributed by atoms with van der Waals surface area (Å²) < 4.78 is 7.36. The van der Waals surface area contributed by atoms with Crippen molar-refractivity contribution in [2.24, 2.45) is 0 Å². The molecule has 0 aliphatic carbocycles. The molecule has 0 heterocycles. The first kappa shape index (κ1) is 19.8. The monoisotopic (exact) mass is 364 g/mol. The van der Waals surface area contributed by atoms with Crippen molar-refractivity contribution in [3.63, 3.8) is 0 Å². The molecule has 0 aromatic rings. The van der Waals surface area contributed by atoms with Crippen LogP contribution >= 0.6 is 0 Å². The van der Waals surface area contributed by atoms with Gasteiger partial charge in [0.05, 0.1) is 7.11 Å². The molecule has 0 aromatic carbocycles. The Morgan fingerprint density at radius 3 is 1.94 bits per heavy atom. The van der Waals surface area contributed by atoms with Gasteiger partial charge < -0.3 is 9.84 Å². The van der Waals surface area contributed by atoms with Crippen LogP contribution < -0.4 is 0 Å². The quantitative estimate of drug-likeness (QED) is 0.312. The number of carbonyl (C=O) groups excluding carboxylic acids is 1. The third-order valence-corrected chi connectivity index (χ3v) is 6.01. The van der Waals surface area contributed by atoms with Gasteiger partial charge in [-0.25, -0.2) is 9.59 Å². The molecule has 0 amide bonds. The predicted octanol–water partition coefficient (Wildman–Crippen LogP) is 2.93. The smallest absolute Gasteiger partial charge is 0.330 e. The topological polar surface area (TPSA) is 63.6 Å². The Bertz CT molecular complexity index is 233. The SMILES string of the molecule is CCC[CH2][Sn][CH2]CCC.COC(=O)/C=C\C(=O)O. The first-order chi connectivity index (χ1) is 8.58. The van der Waals surface area contributed by atoms with Crippen molar-refractivity contribution in [3.8, 4) is 0 Å². The van der Waals surface area contributed by atoms with E-state index >= 15 is 0 Å². The van der Waals surface area contributed by atoms with Crippen LogP contribution in [0.2, 0.25) is 8.87 Å². The molecule has 0 aliphatic heterocycles. The molecule has 4 nitrogen and oxygen atoms in total. The van der Waals surface area contributed by atoms with Gasteiger partial charge in [0.15, 0.2) is 0 Å². The first-order valence-electron chi connectivity index (χ1n) is 6.28. The normalized spacial score (nSPS) is 9.72. The minimum absolute atomic E-state index is 0.149. The van der Waals surface area contributed by atoms with Crippen molar-refractivity contribution in [3.05, 3.63) is 12.2 Å². The Morgan fingerprint density at radius 2 is 1.61 bits per heavy atom. The van der Waals surface area contributed by atoms with Gasteiger partial charge in [0.2, 0.25) is 0 Å². The zero-order valence-corrected chi connectivity index (χ0v) is 14.4. The maximum absolute atomic E-state index is 10.1. The van der Waals surface area contributed by atoms with Crippen LogP contribution in [0, 0.1) is 0 Å². The molecule has 1 N–H and O–H groups in total. The van der Waals surface area contributed by atoms with Crippen molar-refractivity contribution in [1.29, 1.82) is 0 Å². The van der Waals surface area contributed by atoms with Crippen LogP contribution in [-0.2, 0) is 14.3 Å². The second-order valence-corrected chi connectivity index (χ2v) is 7.93. The molecule has 18 heavy (non-hydrogen) atoms.